The van der Waals surface area contributed by atoms with Crippen molar-refractivity contribution in [2.45, 2.75) is 44.1 Å². The molecule has 0 spiro atoms. The molecule has 3 aromatic rings. The fourth-order valence-electron chi connectivity index (χ4n) is 4.43. The minimum atomic E-state index is -0.0560. The van der Waals surface area contributed by atoms with E-state index in [0.29, 0.717) is 18.7 Å². The first-order valence-corrected chi connectivity index (χ1v) is 10.1. The van der Waals surface area contributed by atoms with Crippen LogP contribution in [0, 0.1) is 0 Å². The number of aliphatic hydroxyl groups excluding tert-OH is 1. The summed E-state index contributed by atoms with van der Waals surface area (Å²) in [6, 6.07) is 16.2. The molecule has 0 saturated heterocycles. The Morgan fingerprint density at radius 3 is 2.64 bits per heavy atom. The molecule has 2 N–H and O–H groups in total. The summed E-state index contributed by atoms with van der Waals surface area (Å²) in [4.78, 5) is 17.2. The summed E-state index contributed by atoms with van der Waals surface area (Å²) in [7, 11) is 0. The SMILES string of the molecule is O=C(NCC1(c2ccccc2)CCCCC1)c1ccc2c(c1)ncn2CCO. The van der Waals surface area contributed by atoms with E-state index in [1.807, 2.05) is 28.8 Å². The van der Waals surface area contributed by atoms with Crippen molar-refractivity contribution in [3.05, 3.63) is 66.0 Å². The van der Waals surface area contributed by atoms with Gasteiger partial charge in [-0.05, 0) is 36.6 Å². The highest BCUT2D eigenvalue weighted by Gasteiger charge is 2.34. The molecule has 5 nitrogen and oxygen atoms in total. The maximum Gasteiger partial charge on any atom is 0.251 e. The molecule has 4 rings (SSSR count). The molecule has 0 bridgehead atoms. The molecule has 1 heterocycles. The molecule has 5 heteroatoms. The summed E-state index contributed by atoms with van der Waals surface area (Å²) in [6.07, 6.45) is 7.62. The summed E-state index contributed by atoms with van der Waals surface area (Å²) in [5.74, 6) is -0.0560. The number of carbonyl (C=O) groups excluding carboxylic acids is 1. The predicted molar refractivity (Wildman–Crippen MR) is 110 cm³/mol. The fourth-order valence-corrected chi connectivity index (χ4v) is 4.43. The van der Waals surface area contributed by atoms with Crippen molar-refractivity contribution < 1.29 is 9.90 Å². The summed E-state index contributed by atoms with van der Waals surface area (Å²) >= 11 is 0. The number of hydrogen-bond donors (Lipinski definition) is 2. The van der Waals surface area contributed by atoms with Gasteiger partial charge in [-0.1, -0.05) is 49.6 Å². The van der Waals surface area contributed by atoms with E-state index in [0.717, 1.165) is 23.9 Å². The number of aromatic nitrogens is 2. The van der Waals surface area contributed by atoms with Crippen molar-refractivity contribution in [1.29, 1.82) is 0 Å². The van der Waals surface area contributed by atoms with Crippen molar-refractivity contribution >= 4 is 16.9 Å². The summed E-state index contributed by atoms with van der Waals surface area (Å²) in [5, 5.41) is 12.3. The zero-order chi connectivity index (χ0) is 19.4. The van der Waals surface area contributed by atoms with Crippen LogP contribution in [0.2, 0.25) is 0 Å². The molecule has 0 radical (unpaired) electrons. The second-order valence-electron chi connectivity index (χ2n) is 7.75. The van der Waals surface area contributed by atoms with Crippen LogP contribution in [0.25, 0.3) is 11.0 Å². The number of carbonyl (C=O) groups is 1. The van der Waals surface area contributed by atoms with Gasteiger partial charge in [-0.15, -0.1) is 0 Å². The number of fused-ring (bicyclic) bond motifs is 1. The zero-order valence-electron chi connectivity index (χ0n) is 16.1. The maximum absolute atomic E-state index is 12.9. The van der Waals surface area contributed by atoms with E-state index in [9.17, 15) is 4.79 Å². The van der Waals surface area contributed by atoms with Gasteiger partial charge < -0.3 is 15.0 Å². The number of nitrogens with zero attached hydrogens (tertiary/aromatic N) is 2. The van der Waals surface area contributed by atoms with Crippen LogP contribution in [0.3, 0.4) is 0 Å². The molecule has 1 aliphatic carbocycles. The van der Waals surface area contributed by atoms with Gasteiger partial charge in [-0.3, -0.25) is 4.79 Å². The molecule has 2 aromatic carbocycles. The number of amides is 1. The highest BCUT2D eigenvalue weighted by molar-refractivity contribution is 5.97. The second kappa shape index (κ2) is 8.15. The van der Waals surface area contributed by atoms with Crippen molar-refractivity contribution in [1.82, 2.24) is 14.9 Å². The van der Waals surface area contributed by atoms with E-state index in [-0.39, 0.29) is 17.9 Å². The quantitative estimate of drug-likeness (QED) is 0.689. The normalized spacial score (nSPS) is 16.2. The first-order chi connectivity index (χ1) is 13.7. The molecule has 0 atom stereocenters. The van der Waals surface area contributed by atoms with E-state index in [4.69, 9.17) is 5.11 Å². The lowest BCUT2D eigenvalue weighted by Crippen LogP contribution is -2.42. The Labute approximate surface area is 165 Å². The third-order valence-electron chi connectivity index (χ3n) is 6.01. The van der Waals surface area contributed by atoms with Crippen molar-refractivity contribution in [3.63, 3.8) is 0 Å². The zero-order valence-corrected chi connectivity index (χ0v) is 16.1. The highest BCUT2D eigenvalue weighted by Crippen LogP contribution is 2.39. The van der Waals surface area contributed by atoms with Crippen molar-refractivity contribution in [2.24, 2.45) is 0 Å². The largest absolute Gasteiger partial charge is 0.395 e. The van der Waals surface area contributed by atoms with Gasteiger partial charge in [0, 0.05) is 24.1 Å². The molecule has 1 saturated carbocycles. The molecule has 146 valence electrons. The van der Waals surface area contributed by atoms with Gasteiger partial charge in [-0.25, -0.2) is 4.98 Å². The summed E-state index contributed by atoms with van der Waals surface area (Å²) in [6.45, 7) is 1.23. The van der Waals surface area contributed by atoms with E-state index in [1.54, 1.807) is 6.33 Å². The Morgan fingerprint density at radius 1 is 1.11 bits per heavy atom. The topological polar surface area (TPSA) is 67.2 Å². The second-order valence-corrected chi connectivity index (χ2v) is 7.75. The van der Waals surface area contributed by atoms with Crippen molar-refractivity contribution in [3.8, 4) is 0 Å². The molecule has 0 aliphatic heterocycles. The van der Waals surface area contributed by atoms with Crippen LogP contribution in [-0.2, 0) is 12.0 Å². The van der Waals surface area contributed by atoms with Crippen LogP contribution in [0.5, 0.6) is 0 Å². The van der Waals surface area contributed by atoms with Gasteiger partial charge >= 0.3 is 0 Å². The molecular formula is C23H27N3O2. The van der Waals surface area contributed by atoms with E-state index < -0.39 is 0 Å². The number of hydrogen-bond acceptors (Lipinski definition) is 3. The van der Waals surface area contributed by atoms with Gasteiger partial charge in [0.25, 0.3) is 5.91 Å². The van der Waals surface area contributed by atoms with Crippen LogP contribution in [-0.4, -0.2) is 33.7 Å². The average molecular weight is 377 g/mol. The van der Waals surface area contributed by atoms with Crippen LogP contribution in [0.4, 0.5) is 0 Å². The number of benzene rings is 2. The van der Waals surface area contributed by atoms with Gasteiger partial charge in [0.05, 0.1) is 24.0 Å². The van der Waals surface area contributed by atoms with Crippen molar-refractivity contribution in [2.75, 3.05) is 13.2 Å². The average Bonchev–Trinajstić information content (AvgIpc) is 3.16. The Morgan fingerprint density at radius 2 is 1.89 bits per heavy atom. The van der Waals surface area contributed by atoms with Gasteiger partial charge in [0.15, 0.2) is 0 Å². The number of rotatable bonds is 6. The van der Waals surface area contributed by atoms with E-state index in [1.165, 1.54) is 24.8 Å². The van der Waals surface area contributed by atoms with Crippen LogP contribution >= 0.6 is 0 Å². The Hall–Kier alpha value is -2.66. The van der Waals surface area contributed by atoms with Gasteiger partial charge in [-0.2, -0.15) is 0 Å². The molecule has 1 fully saturated rings. The predicted octanol–water partition coefficient (Wildman–Crippen LogP) is 3.66. The number of aliphatic hydroxyl groups is 1. The van der Waals surface area contributed by atoms with Gasteiger partial charge in [0.2, 0.25) is 0 Å². The Balaban J connectivity index is 1.51. The highest BCUT2D eigenvalue weighted by atomic mass is 16.3. The van der Waals surface area contributed by atoms with Crippen LogP contribution in [0.1, 0.15) is 48.0 Å². The Bertz CT molecular complexity index is 943. The lowest BCUT2D eigenvalue weighted by atomic mass is 9.69. The third kappa shape index (κ3) is 3.67. The number of imidazole rings is 1. The Kier molecular flexibility index (Phi) is 5.44. The van der Waals surface area contributed by atoms with E-state index >= 15 is 0 Å². The molecule has 0 unspecified atom stereocenters. The minimum absolute atomic E-state index is 0.0297. The summed E-state index contributed by atoms with van der Waals surface area (Å²) < 4.78 is 1.89. The molecular weight excluding hydrogens is 350 g/mol. The standard InChI is InChI=1S/C23H27N3O2/c27-14-13-26-17-25-20-15-18(9-10-21(20)26)22(28)24-16-23(11-5-2-6-12-23)19-7-3-1-4-8-19/h1,3-4,7-10,15,17,27H,2,5-6,11-14,16H2,(H,24,28). The molecule has 28 heavy (non-hydrogen) atoms. The van der Waals surface area contributed by atoms with Gasteiger partial charge in [0.1, 0.15) is 0 Å². The molecule has 1 aliphatic rings. The van der Waals surface area contributed by atoms with Crippen LogP contribution in [0.15, 0.2) is 54.9 Å². The molecule has 1 amide bonds. The first kappa shape index (κ1) is 18.7. The smallest absolute Gasteiger partial charge is 0.251 e. The minimum Gasteiger partial charge on any atom is -0.395 e. The fraction of sp³-hybridized carbons (Fsp3) is 0.391. The third-order valence-corrected chi connectivity index (χ3v) is 6.01. The van der Waals surface area contributed by atoms with Crippen LogP contribution < -0.4 is 5.32 Å². The summed E-state index contributed by atoms with van der Waals surface area (Å²) in [5.41, 5.74) is 3.69. The number of nitrogens with one attached hydrogen (secondary N) is 1. The molecule has 1 aromatic heterocycles. The lowest BCUT2D eigenvalue weighted by Gasteiger charge is -2.38. The van der Waals surface area contributed by atoms with E-state index in [2.05, 4.69) is 34.6 Å². The maximum atomic E-state index is 12.9. The monoisotopic (exact) mass is 377 g/mol. The lowest BCUT2D eigenvalue weighted by molar-refractivity contribution is 0.0936. The first-order valence-electron chi connectivity index (χ1n) is 10.1.